The summed E-state index contributed by atoms with van der Waals surface area (Å²) >= 11 is 23.9. The van der Waals surface area contributed by atoms with Crippen LogP contribution >= 0.6 is 47.0 Å². The highest BCUT2D eigenvalue weighted by Gasteiger charge is 2.23. The molecule has 0 aliphatic heterocycles. The van der Waals surface area contributed by atoms with Crippen LogP contribution in [0, 0.1) is 0 Å². The Hall–Kier alpha value is -2.37. The fourth-order valence-electron chi connectivity index (χ4n) is 3.28. The lowest BCUT2D eigenvalue weighted by Gasteiger charge is -2.10. The number of benzene rings is 3. The maximum Gasteiger partial charge on any atom is 0.317 e. The highest BCUT2D eigenvalue weighted by Crippen LogP contribution is 2.16. The van der Waals surface area contributed by atoms with E-state index in [0.717, 1.165) is 22.6 Å². The third-order valence-corrected chi connectivity index (χ3v) is 5.85. The van der Waals surface area contributed by atoms with Gasteiger partial charge < -0.3 is 5.32 Å². The number of hydrogen-bond donors (Lipinski definition) is 1. The maximum absolute atomic E-state index is 6.04. The molecule has 0 radical (unpaired) electrons. The predicted molar refractivity (Wildman–Crippen MR) is 133 cm³/mol. The van der Waals surface area contributed by atoms with Gasteiger partial charge in [0.1, 0.15) is 25.5 Å². The van der Waals surface area contributed by atoms with Crippen molar-refractivity contribution in [1.29, 1.82) is 0 Å². The standard InChI is InChI=1S/C24H18Cl3N3S/c25-19-5-1-17(2-6-19)15-29-13-14-30(16-18-3-7-20(26)8-4-18)24(29)23(31)28-22-11-9-21(27)10-12-22/h1-14H,15-16H2/p+1. The first-order valence-corrected chi connectivity index (χ1v) is 11.2. The van der Waals surface area contributed by atoms with Crippen molar-refractivity contribution in [3.63, 3.8) is 0 Å². The molecule has 156 valence electrons. The number of aromatic nitrogens is 2. The molecule has 1 aromatic heterocycles. The minimum atomic E-state index is 0.621. The van der Waals surface area contributed by atoms with Gasteiger partial charge in [-0.1, -0.05) is 71.3 Å². The Balaban J connectivity index is 1.66. The normalized spacial score (nSPS) is 10.8. The molecule has 31 heavy (non-hydrogen) atoms. The van der Waals surface area contributed by atoms with Crippen LogP contribution in [0.2, 0.25) is 15.1 Å². The number of thiocarbonyl (C=S) groups is 1. The lowest BCUT2D eigenvalue weighted by molar-refractivity contribution is -0.688. The van der Waals surface area contributed by atoms with Crippen LogP contribution in [0.3, 0.4) is 0 Å². The van der Waals surface area contributed by atoms with Crippen LogP contribution in [0.1, 0.15) is 17.0 Å². The molecule has 3 nitrogen and oxygen atoms in total. The molecule has 0 saturated heterocycles. The van der Waals surface area contributed by atoms with E-state index in [-0.39, 0.29) is 0 Å². The summed E-state index contributed by atoms with van der Waals surface area (Å²) in [6.07, 6.45) is 4.07. The van der Waals surface area contributed by atoms with Gasteiger partial charge in [-0.3, -0.25) is 0 Å². The summed E-state index contributed by atoms with van der Waals surface area (Å²) in [6.45, 7) is 1.34. The second-order valence-corrected chi connectivity index (χ2v) is 8.81. The Bertz CT molecular complexity index is 1120. The van der Waals surface area contributed by atoms with E-state index >= 15 is 0 Å². The zero-order valence-corrected chi connectivity index (χ0v) is 19.5. The summed E-state index contributed by atoms with van der Waals surface area (Å²) in [7, 11) is 0. The second-order valence-electron chi connectivity index (χ2n) is 7.09. The Morgan fingerprint density at radius 1 is 0.774 bits per heavy atom. The fourth-order valence-corrected chi connectivity index (χ4v) is 4.01. The molecular formula is C24H19Cl3N3S+. The second kappa shape index (κ2) is 9.84. The van der Waals surface area contributed by atoms with E-state index in [9.17, 15) is 0 Å². The van der Waals surface area contributed by atoms with E-state index in [1.54, 1.807) is 0 Å². The van der Waals surface area contributed by atoms with E-state index in [2.05, 4.69) is 14.5 Å². The molecule has 0 aliphatic carbocycles. The van der Waals surface area contributed by atoms with Gasteiger partial charge >= 0.3 is 5.82 Å². The zero-order valence-electron chi connectivity index (χ0n) is 16.4. The van der Waals surface area contributed by atoms with Crippen molar-refractivity contribution in [1.82, 2.24) is 4.57 Å². The lowest BCUT2D eigenvalue weighted by atomic mass is 10.2. The van der Waals surface area contributed by atoms with E-state index in [0.29, 0.717) is 33.1 Å². The largest absolute Gasteiger partial charge is 0.340 e. The van der Waals surface area contributed by atoms with Crippen molar-refractivity contribution in [2.24, 2.45) is 0 Å². The molecule has 1 heterocycles. The number of halogens is 3. The molecule has 4 rings (SSSR count). The average Bonchev–Trinajstić information content (AvgIpc) is 3.15. The van der Waals surface area contributed by atoms with E-state index in [4.69, 9.17) is 47.0 Å². The number of nitrogens with one attached hydrogen (secondary N) is 1. The molecule has 1 N–H and O–H groups in total. The summed E-state index contributed by atoms with van der Waals surface area (Å²) in [5.74, 6) is 0.898. The first-order chi connectivity index (χ1) is 15.0. The van der Waals surface area contributed by atoms with Crippen molar-refractivity contribution in [3.8, 4) is 0 Å². The summed E-state index contributed by atoms with van der Waals surface area (Å²) < 4.78 is 4.26. The highest BCUT2D eigenvalue weighted by atomic mass is 35.5. The molecule has 0 bridgehead atoms. The SMILES string of the molecule is S=C(Nc1ccc(Cl)cc1)c1n(Cc2ccc(Cl)cc2)cc[n+]1Cc1ccc(Cl)cc1. The Kier molecular flexibility index (Phi) is 6.93. The molecule has 0 atom stereocenters. The van der Waals surface area contributed by atoms with Crippen LogP contribution in [0.4, 0.5) is 5.69 Å². The smallest absolute Gasteiger partial charge is 0.317 e. The van der Waals surface area contributed by atoms with Crippen molar-refractivity contribution in [3.05, 3.63) is 117 Å². The van der Waals surface area contributed by atoms with Gasteiger partial charge in [-0.05, 0) is 59.7 Å². The van der Waals surface area contributed by atoms with E-state index in [1.165, 1.54) is 0 Å². The molecule has 0 spiro atoms. The van der Waals surface area contributed by atoms with Gasteiger partial charge in [-0.25, -0.2) is 9.13 Å². The van der Waals surface area contributed by atoms with Gasteiger partial charge in [-0.15, -0.1) is 0 Å². The van der Waals surface area contributed by atoms with Crippen LogP contribution in [-0.2, 0) is 13.1 Å². The van der Waals surface area contributed by atoms with Gasteiger partial charge in [0.25, 0.3) is 0 Å². The van der Waals surface area contributed by atoms with Crippen molar-refractivity contribution in [2.45, 2.75) is 13.1 Å². The molecular weight excluding hydrogens is 469 g/mol. The van der Waals surface area contributed by atoms with Crippen molar-refractivity contribution in [2.75, 3.05) is 5.32 Å². The Morgan fingerprint density at radius 2 is 1.29 bits per heavy atom. The van der Waals surface area contributed by atoms with Crippen molar-refractivity contribution < 1.29 is 4.57 Å². The fraction of sp³-hybridized carbons (Fsp3) is 0.0833. The van der Waals surface area contributed by atoms with Gasteiger partial charge in [0.15, 0.2) is 4.99 Å². The monoisotopic (exact) mass is 486 g/mol. The van der Waals surface area contributed by atoms with Crippen LogP contribution < -0.4 is 9.88 Å². The van der Waals surface area contributed by atoms with Gasteiger partial charge in [0.05, 0.1) is 0 Å². The molecule has 0 unspecified atom stereocenters. The quantitative estimate of drug-likeness (QED) is 0.244. The molecule has 4 aromatic rings. The minimum Gasteiger partial charge on any atom is -0.340 e. The molecule has 0 aliphatic rings. The predicted octanol–water partition coefficient (Wildman–Crippen LogP) is 6.62. The van der Waals surface area contributed by atoms with Crippen LogP contribution in [0.15, 0.2) is 85.2 Å². The topological polar surface area (TPSA) is 20.8 Å². The van der Waals surface area contributed by atoms with Crippen LogP contribution in [0.25, 0.3) is 0 Å². The highest BCUT2D eigenvalue weighted by molar-refractivity contribution is 7.81. The summed E-state index contributed by atoms with van der Waals surface area (Å²) in [4.78, 5) is 0.621. The number of hydrogen-bond acceptors (Lipinski definition) is 1. The van der Waals surface area contributed by atoms with Crippen molar-refractivity contribution >= 4 is 57.7 Å². The zero-order chi connectivity index (χ0) is 21.8. The van der Waals surface area contributed by atoms with E-state index < -0.39 is 0 Å². The summed E-state index contributed by atoms with van der Waals surface area (Å²) in [5, 5.41) is 5.45. The Morgan fingerprint density at radius 3 is 1.87 bits per heavy atom. The first-order valence-electron chi connectivity index (χ1n) is 9.62. The molecule has 0 fully saturated rings. The molecule has 7 heteroatoms. The third-order valence-electron chi connectivity index (χ3n) is 4.81. The maximum atomic E-state index is 6.04. The van der Waals surface area contributed by atoms with E-state index in [1.807, 2.05) is 85.2 Å². The molecule has 3 aromatic carbocycles. The summed E-state index contributed by atoms with van der Waals surface area (Å²) in [5.41, 5.74) is 3.15. The molecule has 0 saturated carbocycles. The number of imidazole rings is 1. The summed E-state index contributed by atoms with van der Waals surface area (Å²) in [6, 6.07) is 23.1. The average molecular weight is 488 g/mol. The van der Waals surface area contributed by atoms with Gasteiger partial charge in [-0.2, -0.15) is 0 Å². The third kappa shape index (κ3) is 5.66. The van der Waals surface area contributed by atoms with Gasteiger partial charge in [0, 0.05) is 20.8 Å². The van der Waals surface area contributed by atoms with Crippen LogP contribution in [-0.4, -0.2) is 9.56 Å². The molecule has 0 amide bonds. The minimum absolute atomic E-state index is 0.621. The Labute approximate surface area is 201 Å². The van der Waals surface area contributed by atoms with Gasteiger partial charge in [0.2, 0.25) is 0 Å². The number of nitrogens with zero attached hydrogens (tertiary/aromatic N) is 2. The lowest BCUT2D eigenvalue weighted by Crippen LogP contribution is -2.41. The number of anilines is 1. The number of rotatable bonds is 6. The van der Waals surface area contributed by atoms with Crippen LogP contribution in [0.5, 0.6) is 0 Å². The first kappa shape index (κ1) is 21.8.